The van der Waals surface area contributed by atoms with Crippen LogP contribution in [0, 0.1) is 0 Å². The lowest BCUT2D eigenvalue weighted by Gasteiger charge is -2.35. The summed E-state index contributed by atoms with van der Waals surface area (Å²) < 4.78 is 12.8. The summed E-state index contributed by atoms with van der Waals surface area (Å²) in [5.41, 5.74) is 10.2. The van der Waals surface area contributed by atoms with Crippen LogP contribution in [0.1, 0.15) is 76.3 Å². The molecule has 0 spiro atoms. The molecule has 0 bridgehead atoms. The number of benzene rings is 5. The first-order chi connectivity index (χ1) is 22.9. The average Bonchev–Trinajstić information content (AvgIpc) is 3.32. The minimum absolute atomic E-state index is 0.0519. The van der Waals surface area contributed by atoms with E-state index in [1.807, 2.05) is 12.2 Å². The lowest BCUT2D eigenvalue weighted by Crippen LogP contribution is -2.29. The standard InChI is InChI=1S/C46H46O2/c1-9-10-19-41-32(2)39-18-14-15-20-42(39)46(41,35-23-27-37(28-24-35)48-45(6,7)8)34-21-25-36(26-22-34)47-38-29-30-40(33-16-12-11-13-17-33)43(31-38)44(3,4)5/h9-31H,1H2,2-8H3/b19-10-. The van der Waals surface area contributed by atoms with Gasteiger partial charge in [0, 0.05) is 0 Å². The van der Waals surface area contributed by atoms with E-state index in [2.05, 4.69) is 182 Å². The molecule has 0 aliphatic heterocycles. The van der Waals surface area contributed by atoms with Gasteiger partial charge in [-0.25, -0.2) is 0 Å². The quantitative estimate of drug-likeness (QED) is 0.159. The monoisotopic (exact) mass is 630 g/mol. The fourth-order valence-electron chi connectivity index (χ4n) is 7.02. The summed E-state index contributed by atoms with van der Waals surface area (Å²) in [6.07, 6.45) is 6.11. The van der Waals surface area contributed by atoms with E-state index in [1.165, 1.54) is 50.1 Å². The first-order valence-electron chi connectivity index (χ1n) is 16.8. The van der Waals surface area contributed by atoms with E-state index in [9.17, 15) is 0 Å². The van der Waals surface area contributed by atoms with Gasteiger partial charge in [-0.2, -0.15) is 0 Å². The summed E-state index contributed by atoms with van der Waals surface area (Å²) in [7, 11) is 0. The second-order valence-electron chi connectivity index (χ2n) is 14.6. The van der Waals surface area contributed by atoms with Gasteiger partial charge in [-0.3, -0.25) is 0 Å². The van der Waals surface area contributed by atoms with Gasteiger partial charge in [0.1, 0.15) is 22.8 Å². The van der Waals surface area contributed by atoms with Crippen molar-refractivity contribution in [3.63, 3.8) is 0 Å². The molecule has 0 heterocycles. The molecule has 0 saturated heterocycles. The van der Waals surface area contributed by atoms with E-state index < -0.39 is 5.41 Å². The highest BCUT2D eigenvalue weighted by Crippen LogP contribution is 2.55. The van der Waals surface area contributed by atoms with E-state index in [4.69, 9.17) is 9.47 Å². The molecule has 0 aromatic heterocycles. The molecular formula is C46H46O2. The van der Waals surface area contributed by atoms with Crippen LogP contribution >= 0.6 is 0 Å². The van der Waals surface area contributed by atoms with E-state index in [0.717, 1.165) is 17.2 Å². The van der Waals surface area contributed by atoms with E-state index in [0.29, 0.717) is 0 Å². The molecule has 2 nitrogen and oxygen atoms in total. The number of ether oxygens (including phenoxy) is 2. The predicted octanol–water partition coefficient (Wildman–Crippen LogP) is 12.5. The van der Waals surface area contributed by atoms with Crippen LogP contribution in [0.4, 0.5) is 0 Å². The molecule has 0 amide bonds. The Morgan fingerprint density at radius 2 is 1.21 bits per heavy atom. The zero-order chi connectivity index (χ0) is 34.1. The zero-order valence-electron chi connectivity index (χ0n) is 29.3. The van der Waals surface area contributed by atoms with Gasteiger partial charge < -0.3 is 9.47 Å². The Bertz CT molecular complexity index is 1980. The van der Waals surface area contributed by atoms with Gasteiger partial charge in [0.05, 0.1) is 5.41 Å². The van der Waals surface area contributed by atoms with E-state index in [-0.39, 0.29) is 11.0 Å². The molecule has 0 fully saturated rings. The van der Waals surface area contributed by atoms with Crippen LogP contribution in [0.25, 0.3) is 16.7 Å². The Morgan fingerprint density at radius 3 is 1.81 bits per heavy atom. The van der Waals surface area contributed by atoms with E-state index >= 15 is 0 Å². The minimum atomic E-state index is -0.532. The molecule has 2 heteroatoms. The fraction of sp³-hybridized carbons (Fsp3) is 0.217. The van der Waals surface area contributed by atoms with Crippen molar-refractivity contribution in [1.29, 1.82) is 0 Å². The molecule has 5 aromatic carbocycles. The van der Waals surface area contributed by atoms with Crippen LogP contribution in [0.2, 0.25) is 0 Å². The van der Waals surface area contributed by atoms with Crippen LogP contribution in [-0.4, -0.2) is 5.60 Å². The normalized spacial score (nSPS) is 16.2. The van der Waals surface area contributed by atoms with Crippen LogP contribution in [0.15, 0.2) is 152 Å². The Hall–Kier alpha value is -5.08. The number of allylic oxidation sites excluding steroid dienone is 5. The first-order valence-corrected chi connectivity index (χ1v) is 16.8. The Morgan fingerprint density at radius 1 is 0.625 bits per heavy atom. The SMILES string of the molecule is C=C/C=C\C1=C(C)c2ccccc2C1(c1ccc(Oc2ccc(-c3ccccc3)c(C(C)(C)C)c2)cc1)c1ccc(OC(C)(C)C)cc1. The van der Waals surface area contributed by atoms with Crippen molar-refractivity contribution in [3.8, 4) is 28.4 Å². The predicted molar refractivity (Wildman–Crippen MR) is 202 cm³/mol. The number of hydrogen-bond donors (Lipinski definition) is 0. The largest absolute Gasteiger partial charge is 0.488 e. The van der Waals surface area contributed by atoms with Crippen molar-refractivity contribution in [1.82, 2.24) is 0 Å². The maximum atomic E-state index is 6.55. The zero-order valence-corrected chi connectivity index (χ0v) is 29.3. The smallest absolute Gasteiger partial charge is 0.127 e. The van der Waals surface area contributed by atoms with Crippen molar-refractivity contribution in [3.05, 3.63) is 180 Å². The van der Waals surface area contributed by atoms with Gasteiger partial charge in [0.2, 0.25) is 0 Å². The minimum Gasteiger partial charge on any atom is -0.488 e. The third kappa shape index (κ3) is 6.28. The van der Waals surface area contributed by atoms with Gasteiger partial charge in [-0.15, -0.1) is 0 Å². The van der Waals surface area contributed by atoms with Crippen LogP contribution in [0.3, 0.4) is 0 Å². The highest BCUT2D eigenvalue weighted by atomic mass is 16.5. The summed E-state index contributed by atoms with van der Waals surface area (Å²) >= 11 is 0. The molecule has 242 valence electrons. The molecule has 1 aliphatic rings. The van der Waals surface area contributed by atoms with Crippen LogP contribution in [-0.2, 0) is 10.8 Å². The number of rotatable bonds is 8. The molecule has 6 rings (SSSR count). The molecular weight excluding hydrogens is 585 g/mol. The molecule has 48 heavy (non-hydrogen) atoms. The number of hydrogen-bond acceptors (Lipinski definition) is 2. The molecule has 0 N–H and O–H groups in total. The molecule has 1 atom stereocenters. The van der Waals surface area contributed by atoms with Crippen LogP contribution < -0.4 is 9.47 Å². The molecule has 0 radical (unpaired) electrons. The maximum Gasteiger partial charge on any atom is 0.127 e. The summed E-state index contributed by atoms with van der Waals surface area (Å²) in [4.78, 5) is 0. The summed E-state index contributed by atoms with van der Waals surface area (Å²) in [6.45, 7) is 19.2. The molecule has 1 aliphatic carbocycles. The number of fused-ring (bicyclic) bond motifs is 1. The fourth-order valence-corrected chi connectivity index (χ4v) is 7.02. The lowest BCUT2D eigenvalue weighted by molar-refractivity contribution is 0.131. The third-order valence-electron chi connectivity index (χ3n) is 9.06. The van der Waals surface area contributed by atoms with Gasteiger partial charge in [-0.1, -0.05) is 131 Å². The molecule has 1 unspecified atom stereocenters. The highest BCUT2D eigenvalue weighted by Gasteiger charge is 2.45. The molecule has 5 aromatic rings. The Kier molecular flexibility index (Phi) is 8.79. The third-order valence-corrected chi connectivity index (χ3v) is 9.06. The maximum absolute atomic E-state index is 6.55. The molecule has 0 saturated carbocycles. The summed E-state index contributed by atoms with van der Waals surface area (Å²) in [5, 5.41) is 0. The van der Waals surface area contributed by atoms with Gasteiger partial charge >= 0.3 is 0 Å². The van der Waals surface area contributed by atoms with Crippen molar-refractivity contribution in [2.75, 3.05) is 0 Å². The topological polar surface area (TPSA) is 18.5 Å². The van der Waals surface area contributed by atoms with Crippen LogP contribution in [0.5, 0.6) is 17.2 Å². The van der Waals surface area contributed by atoms with Crippen molar-refractivity contribution >= 4 is 5.57 Å². The Labute approximate surface area is 287 Å². The summed E-state index contributed by atoms with van der Waals surface area (Å²) in [6, 6.07) is 43.0. The second-order valence-corrected chi connectivity index (χ2v) is 14.6. The second kappa shape index (κ2) is 12.8. The lowest BCUT2D eigenvalue weighted by atomic mass is 9.66. The van der Waals surface area contributed by atoms with Gasteiger partial charge in [0.25, 0.3) is 0 Å². The Balaban J connectivity index is 1.44. The van der Waals surface area contributed by atoms with E-state index in [1.54, 1.807) is 0 Å². The average molecular weight is 631 g/mol. The summed E-state index contributed by atoms with van der Waals surface area (Å²) in [5.74, 6) is 2.48. The highest BCUT2D eigenvalue weighted by molar-refractivity contribution is 5.86. The van der Waals surface area contributed by atoms with Crippen molar-refractivity contribution in [2.24, 2.45) is 0 Å². The van der Waals surface area contributed by atoms with Crippen molar-refractivity contribution in [2.45, 2.75) is 64.9 Å². The van der Waals surface area contributed by atoms with Crippen molar-refractivity contribution < 1.29 is 9.47 Å². The first kappa shape index (κ1) is 32.8. The van der Waals surface area contributed by atoms with Gasteiger partial charge in [0.15, 0.2) is 0 Å². The van der Waals surface area contributed by atoms with Gasteiger partial charge in [-0.05, 0) is 120 Å².